The van der Waals surface area contributed by atoms with Gasteiger partial charge in [-0.25, -0.2) is 9.97 Å². The van der Waals surface area contributed by atoms with Crippen molar-refractivity contribution in [1.82, 2.24) is 24.3 Å². The number of fused-ring (bicyclic) bond motifs is 1. The lowest BCUT2D eigenvalue weighted by molar-refractivity contribution is 0.0829. The maximum atomic E-state index is 4.41. The van der Waals surface area contributed by atoms with Crippen molar-refractivity contribution in [2.75, 3.05) is 19.6 Å². The largest absolute Gasteiger partial charge is 0.296 e. The fourth-order valence-electron chi connectivity index (χ4n) is 4.69. The monoisotopic (exact) mass is 373 g/mol. The zero-order chi connectivity index (χ0) is 18.8. The second-order valence-corrected chi connectivity index (χ2v) is 7.94. The van der Waals surface area contributed by atoms with Crippen LogP contribution in [0.1, 0.15) is 29.7 Å². The first-order valence-corrected chi connectivity index (χ1v) is 10.3. The van der Waals surface area contributed by atoms with Crippen LogP contribution in [0.5, 0.6) is 0 Å². The molecule has 1 atom stereocenters. The van der Waals surface area contributed by atoms with Crippen molar-refractivity contribution < 1.29 is 0 Å². The third-order valence-corrected chi connectivity index (χ3v) is 6.14. The van der Waals surface area contributed by atoms with Crippen LogP contribution in [0.2, 0.25) is 0 Å². The summed E-state index contributed by atoms with van der Waals surface area (Å²) in [5.74, 6) is 0.753. The van der Waals surface area contributed by atoms with Crippen molar-refractivity contribution in [2.24, 2.45) is 0 Å². The average molecular weight is 374 g/mol. The fraction of sp³-hybridized carbons (Fsp3) is 0.391. The first-order valence-electron chi connectivity index (χ1n) is 10.3. The quantitative estimate of drug-likeness (QED) is 0.703. The molecule has 5 heteroatoms. The fourth-order valence-corrected chi connectivity index (χ4v) is 4.69. The molecule has 1 fully saturated rings. The van der Waals surface area contributed by atoms with Crippen LogP contribution in [0.4, 0.5) is 0 Å². The van der Waals surface area contributed by atoms with Crippen LogP contribution in [0, 0.1) is 0 Å². The van der Waals surface area contributed by atoms with E-state index in [-0.39, 0.29) is 0 Å². The van der Waals surface area contributed by atoms with Crippen molar-refractivity contribution in [2.45, 2.75) is 38.4 Å². The number of likely N-dealkylation sites (tertiary alicyclic amines) is 1. The molecule has 2 aliphatic rings. The minimum absolute atomic E-state index is 0.651. The maximum Gasteiger partial charge on any atom is 0.233 e. The molecule has 1 unspecified atom stereocenters. The van der Waals surface area contributed by atoms with Crippen LogP contribution in [0.15, 0.2) is 61.1 Å². The summed E-state index contributed by atoms with van der Waals surface area (Å²) < 4.78 is 2.11. The Balaban J connectivity index is 1.27. The summed E-state index contributed by atoms with van der Waals surface area (Å²) in [6.45, 7) is 5.55. The maximum absolute atomic E-state index is 4.41. The lowest BCUT2D eigenvalue weighted by Gasteiger charge is -2.41. The first-order chi connectivity index (χ1) is 13.9. The highest BCUT2D eigenvalue weighted by Crippen LogP contribution is 2.25. The van der Waals surface area contributed by atoms with E-state index < -0.39 is 0 Å². The van der Waals surface area contributed by atoms with Crippen LogP contribution in [0.3, 0.4) is 0 Å². The van der Waals surface area contributed by atoms with Crippen molar-refractivity contribution in [1.29, 1.82) is 0 Å². The van der Waals surface area contributed by atoms with Crippen molar-refractivity contribution in [3.63, 3.8) is 0 Å². The van der Waals surface area contributed by atoms with E-state index >= 15 is 0 Å². The van der Waals surface area contributed by atoms with E-state index in [1.165, 1.54) is 49.2 Å². The molecule has 3 aromatic rings. The molecule has 1 saturated heterocycles. The van der Waals surface area contributed by atoms with Crippen LogP contribution < -0.4 is 0 Å². The van der Waals surface area contributed by atoms with Gasteiger partial charge in [0.1, 0.15) is 0 Å². The summed E-state index contributed by atoms with van der Waals surface area (Å²) in [6, 6.07) is 15.7. The highest BCUT2D eigenvalue weighted by atomic mass is 15.2. The number of piperidine rings is 1. The predicted molar refractivity (Wildman–Crippen MR) is 110 cm³/mol. The summed E-state index contributed by atoms with van der Waals surface area (Å²) in [5, 5.41) is 0. The molecule has 5 rings (SSSR count). The van der Waals surface area contributed by atoms with Gasteiger partial charge in [0, 0.05) is 56.5 Å². The Morgan fingerprint density at radius 1 is 0.929 bits per heavy atom. The Labute approximate surface area is 166 Å². The van der Waals surface area contributed by atoms with Crippen LogP contribution in [0.25, 0.3) is 5.95 Å². The van der Waals surface area contributed by atoms with Gasteiger partial charge in [-0.3, -0.25) is 14.4 Å². The topological polar surface area (TPSA) is 37.2 Å². The Bertz CT molecular complexity index is 920. The van der Waals surface area contributed by atoms with E-state index in [1.807, 2.05) is 6.07 Å². The van der Waals surface area contributed by atoms with Crippen LogP contribution in [-0.2, 0) is 19.5 Å². The van der Waals surface area contributed by atoms with E-state index in [2.05, 4.69) is 66.9 Å². The Kier molecular flexibility index (Phi) is 4.93. The number of aromatic nitrogens is 3. The van der Waals surface area contributed by atoms with Gasteiger partial charge in [0.25, 0.3) is 0 Å². The lowest BCUT2D eigenvalue weighted by Crippen LogP contribution is -2.49. The standard InChI is InChI=1S/C23H27N5/c1-2-7-20-16-27(15-10-19(20)6-1)21-8-3-13-26(17-21)18-22-9-4-14-28(22)23-24-11-5-12-25-23/h1-2,4-7,9,11-12,14,21H,3,8,10,13,15-18H2. The Morgan fingerprint density at radius 3 is 2.68 bits per heavy atom. The molecule has 0 bridgehead atoms. The number of benzene rings is 1. The van der Waals surface area contributed by atoms with E-state index in [0.29, 0.717) is 6.04 Å². The van der Waals surface area contributed by atoms with Crippen LogP contribution >= 0.6 is 0 Å². The third-order valence-electron chi connectivity index (χ3n) is 6.14. The SMILES string of the molecule is c1cnc(-n2cccc2CN2CCCC(N3CCc4ccccc4C3)C2)nc1. The molecule has 0 saturated carbocycles. The molecule has 144 valence electrons. The van der Waals surface area contributed by atoms with E-state index in [0.717, 1.165) is 25.6 Å². The summed E-state index contributed by atoms with van der Waals surface area (Å²) in [5.41, 5.74) is 4.31. The van der Waals surface area contributed by atoms with Gasteiger partial charge >= 0.3 is 0 Å². The van der Waals surface area contributed by atoms with Gasteiger partial charge in [0.15, 0.2) is 0 Å². The third kappa shape index (κ3) is 3.60. The second-order valence-electron chi connectivity index (χ2n) is 7.94. The molecule has 2 aromatic heterocycles. The molecule has 0 aliphatic carbocycles. The van der Waals surface area contributed by atoms with E-state index in [9.17, 15) is 0 Å². The molecular formula is C23H27N5. The molecule has 4 heterocycles. The highest BCUT2D eigenvalue weighted by Gasteiger charge is 2.28. The minimum Gasteiger partial charge on any atom is -0.296 e. The summed E-state index contributed by atoms with van der Waals surface area (Å²) >= 11 is 0. The van der Waals surface area contributed by atoms with Gasteiger partial charge in [0.2, 0.25) is 5.95 Å². The summed E-state index contributed by atoms with van der Waals surface area (Å²) in [4.78, 5) is 14.1. The van der Waals surface area contributed by atoms with E-state index in [4.69, 9.17) is 0 Å². The molecule has 0 radical (unpaired) electrons. The van der Waals surface area contributed by atoms with Gasteiger partial charge in [-0.05, 0) is 55.1 Å². The number of rotatable bonds is 4. The molecule has 1 aromatic carbocycles. The second kappa shape index (κ2) is 7.86. The van der Waals surface area contributed by atoms with E-state index in [1.54, 1.807) is 12.4 Å². The number of hydrogen-bond acceptors (Lipinski definition) is 4. The molecular weight excluding hydrogens is 346 g/mol. The van der Waals surface area contributed by atoms with Crippen molar-refractivity contribution >= 4 is 0 Å². The first kappa shape index (κ1) is 17.6. The van der Waals surface area contributed by atoms with Gasteiger partial charge < -0.3 is 0 Å². The Morgan fingerprint density at radius 2 is 1.79 bits per heavy atom. The number of hydrogen-bond donors (Lipinski definition) is 0. The van der Waals surface area contributed by atoms with Gasteiger partial charge in [-0.15, -0.1) is 0 Å². The molecule has 5 nitrogen and oxygen atoms in total. The smallest absolute Gasteiger partial charge is 0.233 e. The van der Waals surface area contributed by atoms with Gasteiger partial charge in [0.05, 0.1) is 0 Å². The zero-order valence-corrected chi connectivity index (χ0v) is 16.2. The molecule has 0 amide bonds. The van der Waals surface area contributed by atoms with Crippen molar-refractivity contribution in [3.05, 3.63) is 77.9 Å². The highest BCUT2D eigenvalue weighted by molar-refractivity contribution is 5.29. The molecule has 0 spiro atoms. The normalized spacial score (nSPS) is 20.8. The minimum atomic E-state index is 0.651. The molecule has 0 N–H and O–H groups in total. The molecule has 2 aliphatic heterocycles. The number of nitrogens with zero attached hydrogens (tertiary/aromatic N) is 5. The summed E-state index contributed by atoms with van der Waals surface area (Å²) in [6.07, 6.45) is 9.43. The average Bonchev–Trinajstić information content (AvgIpc) is 3.22. The lowest BCUT2D eigenvalue weighted by atomic mass is 9.96. The summed E-state index contributed by atoms with van der Waals surface area (Å²) in [7, 11) is 0. The molecule has 28 heavy (non-hydrogen) atoms. The van der Waals surface area contributed by atoms with Gasteiger partial charge in [-0.1, -0.05) is 24.3 Å². The zero-order valence-electron chi connectivity index (χ0n) is 16.2. The van der Waals surface area contributed by atoms with Crippen LogP contribution in [-0.4, -0.2) is 50.0 Å². The van der Waals surface area contributed by atoms with Crippen molar-refractivity contribution in [3.8, 4) is 5.95 Å². The Hall–Kier alpha value is -2.50. The predicted octanol–water partition coefficient (Wildman–Crippen LogP) is 3.29. The van der Waals surface area contributed by atoms with Gasteiger partial charge in [-0.2, -0.15) is 0 Å².